The van der Waals surface area contributed by atoms with Crippen LogP contribution in [0.3, 0.4) is 0 Å². The monoisotopic (exact) mass is 399 g/mol. The molecule has 2 unspecified atom stereocenters. The summed E-state index contributed by atoms with van der Waals surface area (Å²) in [6.45, 7) is 2.83. The summed E-state index contributed by atoms with van der Waals surface area (Å²) in [6, 6.07) is 7.34. The third-order valence-corrected chi connectivity index (χ3v) is 5.54. The van der Waals surface area contributed by atoms with E-state index in [0.29, 0.717) is 29.7 Å². The number of carbonyl (C=O) groups excluding carboxylic acids is 2. The number of halogens is 2. The number of benzene rings is 1. The van der Waals surface area contributed by atoms with Gasteiger partial charge in [-0.15, -0.1) is 12.4 Å². The average Bonchev–Trinajstić information content (AvgIpc) is 2.67. The smallest absolute Gasteiger partial charge is 0.253 e. The Morgan fingerprint density at radius 3 is 2.38 bits per heavy atom. The predicted octanol–water partition coefficient (Wildman–Crippen LogP) is 2.82. The SMILES string of the molecule is CNC1CCCN(C(=O)C2CCCN(C(=O)c3ccc(Cl)cc3)C2)C1.Cl. The lowest BCUT2D eigenvalue weighted by Crippen LogP contribution is -2.52. The van der Waals surface area contributed by atoms with Crippen LogP contribution < -0.4 is 5.32 Å². The van der Waals surface area contributed by atoms with Crippen molar-refractivity contribution in [3.63, 3.8) is 0 Å². The maximum Gasteiger partial charge on any atom is 0.253 e. The number of likely N-dealkylation sites (tertiary alicyclic amines) is 2. The van der Waals surface area contributed by atoms with Gasteiger partial charge in [0.25, 0.3) is 5.91 Å². The zero-order valence-electron chi connectivity index (χ0n) is 15.1. The molecule has 0 aliphatic carbocycles. The molecule has 0 spiro atoms. The van der Waals surface area contributed by atoms with Gasteiger partial charge in [0.05, 0.1) is 5.92 Å². The summed E-state index contributed by atoms with van der Waals surface area (Å²) in [5, 5.41) is 3.89. The average molecular weight is 400 g/mol. The number of nitrogens with zero attached hydrogens (tertiary/aromatic N) is 2. The van der Waals surface area contributed by atoms with Crippen molar-refractivity contribution in [2.75, 3.05) is 33.2 Å². The van der Waals surface area contributed by atoms with E-state index in [1.54, 1.807) is 24.3 Å². The zero-order chi connectivity index (χ0) is 17.8. The van der Waals surface area contributed by atoms with Gasteiger partial charge in [-0.3, -0.25) is 9.59 Å². The molecule has 2 saturated heterocycles. The first-order valence-corrected chi connectivity index (χ1v) is 9.47. The van der Waals surface area contributed by atoms with Gasteiger partial charge in [-0.25, -0.2) is 0 Å². The summed E-state index contributed by atoms with van der Waals surface area (Å²) in [6.07, 6.45) is 3.90. The highest BCUT2D eigenvalue weighted by atomic mass is 35.5. The van der Waals surface area contributed by atoms with Crippen molar-refractivity contribution in [3.05, 3.63) is 34.9 Å². The third-order valence-electron chi connectivity index (χ3n) is 5.29. The highest BCUT2D eigenvalue weighted by Crippen LogP contribution is 2.23. The highest BCUT2D eigenvalue weighted by Gasteiger charge is 2.33. The van der Waals surface area contributed by atoms with E-state index < -0.39 is 0 Å². The third kappa shape index (κ3) is 4.90. The molecule has 1 aromatic rings. The second kappa shape index (κ2) is 9.58. The Balaban J connectivity index is 0.00000243. The number of piperidine rings is 2. The standard InChI is InChI=1S/C19H26ClN3O2.ClH/c1-21-17-5-3-11-23(13-17)19(25)15-4-2-10-22(12-15)18(24)14-6-8-16(20)9-7-14;/h6-9,15,17,21H,2-5,10-13H2,1H3;1H. The van der Waals surface area contributed by atoms with Crippen LogP contribution in [-0.2, 0) is 4.79 Å². The van der Waals surface area contributed by atoms with Gasteiger partial charge >= 0.3 is 0 Å². The van der Waals surface area contributed by atoms with Crippen LogP contribution in [0.1, 0.15) is 36.0 Å². The summed E-state index contributed by atoms with van der Waals surface area (Å²) in [4.78, 5) is 29.4. The summed E-state index contributed by atoms with van der Waals surface area (Å²) in [7, 11) is 1.95. The molecule has 2 atom stereocenters. The molecule has 2 aliphatic rings. The van der Waals surface area contributed by atoms with E-state index in [2.05, 4.69) is 5.32 Å². The molecule has 2 fully saturated rings. The van der Waals surface area contributed by atoms with Gasteiger partial charge < -0.3 is 15.1 Å². The number of nitrogens with one attached hydrogen (secondary N) is 1. The van der Waals surface area contributed by atoms with Crippen LogP contribution >= 0.6 is 24.0 Å². The molecule has 26 heavy (non-hydrogen) atoms. The molecule has 2 heterocycles. The van der Waals surface area contributed by atoms with Crippen LogP contribution in [0.4, 0.5) is 0 Å². The summed E-state index contributed by atoms with van der Waals surface area (Å²) in [5.74, 6) is 0.107. The molecule has 5 nitrogen and oxygen atoms in total. The van der Waals surface area contributed by atoms with Gasteiger partial charge in [-0.05, 0) is 57.0 Å². The fourth-order valence-corrected chi connectivity index (χ4v) is 3.94. The zero-order valence-corrected chi connectivity index (χ0v) is 16.7. The lowest BCUT2D eigenvalue weighted by Gasteiger charge is -2.38. The maximum atomic E-state index is 12.9. The lowest BCUT2D eigenvalue weighted by molar-refractivity contribution is -0.138. The van der Waals surface area contributed by atoms with Crippen molar-refractivity contribution in [1.29, 1.82) is 0 Å². The largest absolute Gasteiger partial charge is 0.341 e. The molecule has 2 amide bonds. The Morgan fingerprint density at radius 2 is 1.69 bits per heavy atom. The molecule has 3 rings (SSSR count). The minimum absolute atomic E-state index is 0. The Morgan fingerprint density at radius 1 is 1.04 bits per heavy atom. The maximum absolute atomic E-state index is 12.9. The first kappa shape index (κ1) is 21.0. The number of hydrogen-bond donors (Lipinski definition) is 1. The molecule has 2 aliphatic heterocycles. The number of hydrogen-bond acceptors (Lipinski definition) is 3. The summed E-state index contributed by atoms with van der Waals surface area (Å²) < 4.78 is 0. The van der Waals surface area contributed by atoms with Crippen molar-refractivity contribution in [3.8, 4) is 0 Å². The molecule has 0 aromatic heterocycles. The quantitative estimate of drug-likeness (QED) is 0.849. The van der Waals surface area contributed by atoms with Gasteiger partial charge in [0.2, 0.25) is 5.91 Å². The van der Waals surface area contributed by atoms with E-state index in [1.807, 2.05) is 16.8 Å². The molecule has 1 aromatic carbocycles. The van der Waals surface area contributed by atoms with Crippen LogP contribution in [0.25, 0.3) is 0 Å². The molecule has 0 bridgehead atoms. The van der Waals surface area contributed by atoms with Crippen LogP contribution in [0.2, 0.25) is 5.02 Å². The van der Waals surface area contributed by atoms with E-state index >= 15 is 0 Å². The molecule has 7 heteroatoms. The van der Waals surface area contributed by atoms with Gasteiger partial charge in [0.15, 0.2) is 0 Å². The molecule has 1 N–H and O–H groups in total. The van der Waals surface area contributed by atoms with E-state index in [-0.39, 0.29) is 30.1 Å². The normalized spacial score (nSPS) is 23.3. The molecule has 0 radical (unpaired) electrons. The molecule has 144 valence electrons. The van der Waals surface area contributed by atoms with E-state index in [9.17, 15) is 9.59 Å². The van der Waals surface area contributed by atoms with Crippen molar-refractivity contribution in [2.45, 2.75) is 31.7 Å². The Kier molecular flexibility index (Phi) is 7.74. The fraction of sp³-hybridized carbons (Fsp3) is 0.579. The van der Waals surface area contributed by atoms with Crippen LogP contribution in [0.5, 0.6) is 0 Å². The summed E-state index contributed by atoms with van der Waals surface area (Å²) in [5.41, 5.74) is 0.630. The molecule has 0 saturated carbocycles. The molecular weight excluding hydrogens is 373 g/mol. The van der Waals surface area contributed by atoms with Crippen LogP contribution in [0.15, 0.2) is 24.3 Å². The highest BCUT2D eigenvalue weighted by molar-refractivity contribution is 6.30. The van der Waals surface area contributed by atoms with Crippen LogP contribution in [-0.4, -0.2) is 60.9 Å². The van der Waals surface area contributed by atoms with E-state index in [0.717, 1.165) is 38.8 Å². The minimum Gasteiger partial charge on any atom is -0.341 e. The second-order valence-electron chi connectivity index (χ2n) is 7.01. The Bertz CT molecular complexity index is 624. The van der Waals surface area contributed by atoms with Gasteiger partial charge in [0.1, 0.15) is 0 Å². The fourth-order valence-electron chi connectivity index (χ4n) is 3.81. The summed E-state index contributed by atoms with van der Waals surface area (Å²) >= 11 is 5.90. The van der Waals surface area contributed by atoms with Gasteiger partial charge in [-0.1, -0.05) is 11.6 Å². The van der Waals surface area contributed by atoms with E-state index in [4.69, 9.17) is 11.6 Å². The molecular formula is C19H27Cl2N3O2. The number of amides is 2. The predicted molar refractivity (Wildman–Crippen MR) is 106 cm³/mol. The lowest BCUT2D eigenvalue weighted by atomic mass is 9.94. The second-order valence-corrected chi connectivity index (χ2v) is 7.45. The minimum atomic E-state index is -0.0828. The van der Waals surface area contributed by atoms with Crippen molar-refractivity contribution < 1.29 is 9.59 Å². The van der Waals surface area contributed by atoms with Gasteiger partial charge in [-0.2, -0.15) is 0 Å². The van der Waals surface area contributed by atoms with Crippen molar-refractivity contribution in [1.82, 2.24) is 15.1 Å². The van der Waals surface area contributed by atoms with Gasteiger partial charge in [0, 0.05) is 42.8 Å². The topological polar surface area (TPSA) is 52.7 Å². The van der Waals surface area contributed by atoms with Crippen molar-refractivity contribution in [2.24, 2.45) is 5.92 Å². The Hall–Kier alpha value is -1.30. The van der Waals surface area contributed by atoms with E-state index in [1.165, 1.54) is 0 Å². The first-order valence-electron chi connectivity index (χ1n) is 9.09. The van der Waals surface area contributed by atoms with Crippen LogP contribution in [0, 0.1) is 5.92 Å². The number of carbonyl (C=O) groups is 2. The Labute approximate surface area is 166 Å². The first-order chi connectivity index (χ1) is 12.1. The number of likely N-dealkylation sites (N-methyl/N-ethyl adjacent to an activating group) is 1. The number of rotatable bonds is 3. The van der Waals surface area contributed by atoms with Crippen molar-refractivity contribution >= 4 is 35.8 Å².